The second-order valence-electron chi connectivity index (χ2n) is 6.32. The Balaban J connectivity index is 1.69. The van der Waals surface area contributed by atoms with Crippen LogP contribution in [0.1, 0.15) is 39.5 Å². The summed E-state index contributed by atoms with van der Waals surface area (Å²) in [5.41, 5.74) is 6.88. The predicted molar refractivity (Wildman–Crippen MR) is 64.3 cm³/mol. The Kier molecular flexibility index (Phi) is 2.36. The summed E-state index contributed by atoms with van der Waals surface area (Å²) in [4.78, 5) is 2.57. The standard InChI is InChI=1S/C13H24N2O/c1-10(2)15-7-5-12(6-8-15)9-16-13(3-4-13)11(12)14/h10-11H,3-9,14H2,1-2H3. The Hall–Kier alpha value is -0.120. The average Bonchev–Trinajstić information content (AvgIpc) is 3.02. The summed E-state index contributed by atoms with van der Waals surface area (Å²) in [6, 6.07) is 0.972. The minimum atomic E-state index is 0.111. The quantitative estimate of drug-likeness (QED) is 0.731. The lowest BCUT2D eigenvalue weighted by Crippen LogP contribution is -2.52. The molecule has 2 N–H and O–H groups in total. The molecule has 0 radical (unpaired) electrons. The highest BCUT2D eigenvalue weighted by Crippen LogP contribution is 2.56. The molecule has 0 aromatic carbocycles. The number of piperidine rings is 1. The molecular formula is C13H24N2O. The van der Waals surface area contributed by atoms with Gasteiger partial charge in [-0.05, 0) is 52.6 Å². The number of hydrogen-bond acceptors (Lipinski definition) is 3. The predicted octanol–water partition coefficient (Wildman–Crippen LogP) is 1.37. The Morgan fingerprint density at radius 3 is 2.25 bits per heavy atom. The van der Waals surface area contributed by atoms with Crippen molar-refractivity contribution in [3.8, 4) is 0 Å². The van der Waals surface area contributed by atoms with Crippen LogP contribution in [0.2, 0.25) is 0 Å². The molecule has 92 valence electrons. The van der Waals surface area contributed by atoms with Crippen molar-refractivity contribution >= 4 is 0 Å². The molecule has 1 unspecified atom stereocenters. The zero-order valence-corrected chi connectivity index (χ0v) is 10.5. The molecule has 2 heterocycles. The molecule has 3 rings (SSSR count). The van der Waals surface area contributed by atoms with E-state index in [1.165, 1.54) is 38.8 Å². The fourth-order valence-electron chi connectivity index (χ4n) is 3.54. The second-order valence-corrected chi connectivity index (χ2v) is 6.32. The van der Waals surface area contributed by atoms with E-state index in [-0.39, 0.29) is 5.60 Å². The molecule has 3 fully saturated rings. The summed E-state index contributed by atoms with van der Waals surface area (Å²) in [6.07, 6.45) is 4.86. The van der Waals surface area contributed by atoms with Crippen molar-refractivity contribution in [1.82, 2.24) is 4.90 Å². The van der Waals surface area contributed by atoms with Crippen LogP contribution in [0.5, 0.6) is 0 Å². The van der Waals surface area contributed by atoms with Gasteiger partial charge in [-0.1, -0.05) is 0 Å². The molecule has 0 bridgehead atoms. The third kappa shape index (κ3) is 1.45. The van der Waals surface area contributed by atoms with E-state index < -0.39 is 0 Å². The van der Waals surface area contributed by atoms with Gasteiger partial charge in [0.2, 0.25) is 0 Å². The highest BCUT2D eigenvalue weighted by molar-refractivity contribution is 5.16. The summed E-state index contributed by atoms with van der Waals surface area (Å²) < 4.78 is 6.01. The summed E-state index contributed by atoms with van der Waals surface area (Å²) in [5.74, 6) is 0. The number of likely N-dealkylation sites (tertiary alicyclic amines) is 1. The van der Waals surface area contributed by atoms with Gasteiger partial charge in [0.1, 0.15) is 0 Å². The molecule has 3 nitrogen and oxygen atoms in total. The van der Waals surface area contributed by atoms with Gasteiger partial charge >= 0.3 is 0 Å². The van der Waals surface area contributed by atoms with Gasteiger partial charge in [-0.2, -0.15) is 0 Å². The number of rotatable bonds is 1. The second kappa shape index (κ2) is 3.44. The molecule has 0 aromatic heterocycles. The normalized spacial score (nSPS) is 36.4. The van der Waals surface area contributed by atoms with Crippen molar-refractivity contribution in [2.75, 3.05) is 19.7 Å². The van der Waals surface area contributed by atoms with Crippen molar-refractivity contribution in [2.45, 2.75) is 57.2 Å². The first-order valence-corrected chi connectivity index (χ1v) is 6.72. The van der Waals surface area contributed by atoms with E-state index in [0.717, 1.165) is 6.61 Å². The van der Waals surface area contributed by atoms with Crippen LogP contribution in [-0.2, 0) is 4.74 Å². The molecule has 3 aliphatic rings. The first kappa shape index (κ1) is 11.0. The van der Waals surface area contributed by atoms with Gasteiger partial charge in [0.25, 0.3) is 0 Å². The van der Waals surface area contributed by atoms with E-state index in [1.54, 1.807) is 0 Å². The molecule has 2 saturated heterocycles. The molecule has 2 spiro atoms. The Bertz CT molecular complexity index is 278. The molecule has 3 heteroatoms. The highest BCUT2D eigenvalue weighted by atomic mass is 16.5. The van der Waals surface area contributed by atoms with Gasteiger partial charge in [-0.15, -0.1) is 0 Å². The summed E-state index contributed by atoms with van der Waals surface area (Å²) >= 11 is 0. The molecular weight excluding hydrogens is 200 g/mol. The topological polar surface area (TPSA) is 38.5 Å². The van der Waals surface area contributed by atoms with Gasteiger partial charge < -0.3 is 15.4 Å². The number of nitrogens with zero attached hydrogens (tertiary/aromatic N) is 1. The average molecular weight is 224 g/mol. The third-order valence-electron chi connectivity index (χ3n) is 5.14. The van der Waals surface area contributed by atoms with Crippen LogP contribution in [0.3, 0.4) is 0 Å². The first-order chi connectivity index (χ1) is 7.58. The van der Waals surface area contributed by atoms with Crippen LogP contribution in [0.25, 0.3) is 0 Å². The zero-order chi connectivity index (χ0) is 11.4. The lowest BCUT2D eigenvalue weighted by atomic mass is 9.72. The van der Waals surface area contributed by atoms with E-state index in [2.05, 4.69) is 18.7 Å². The van der Waals surface area contributed by atoms with Gasteiger partial charge in [0, 0.05) is 17.5 Å². The lowest BCUT2D eigenvalue weighted by molar-refractivity contribution is 0.0498. The molecule has 1 aliphatic carbocycles. The minimum absolute atomic E-state index is 0.111. The maximum Gasteiger partial charge on any atom is 0.0841 e. The maximum absolute atomic E-state index is 6.46. The molecule has 0 aromatic rings. The Labute approximate surface area is 98.3 Å². The first-order valence-electron chi connectivity index (χ1n) is 6.72. The van der Waals surface area contributed by atoms with Crippen molar-refractivity contribution in [2.24, 2.45) is 11.1 Å². The fraction of sp³-hybridized carbons (Fsp3) is 1.00. The van der Waals surface area contributed by atoms with Gasteiger partial charge in [0.05, 0.1) is 12.2 Å². The minimum Gasteiger partial charge on any atom is -0.373 e. The molecule has 2 aliphatic heterocycles. The zero-order valence-electron chi connectivity index (χ0n) is 10.5. The van der Waals surface area contributed by atoms with Crippen LogP contribution in [-0.4, -0.2) is 42.3 Å². The van der Waals surface area contributed by atoms with Crippen LogP contribution >= 0.6 is 0 Å². The van der Waals surface area contributed by atoms with E-state index >= 15 is 0 Å². The summed E-state index contributed by atoms with van der Waals surface area (Å²) in [5, 5.41) is 0. The van der Waals surface area contributed by atoms with Crippen molar-refractivity contribution < 1.29 is 4.74 Å². The monoisotopic (exact) mass is 224 g/mol. The largest absolute Gasteiger partial charge is 0.373 e. The number of ether oxygens (including phenoxy) is 1. The van der Waals surface area contributed by atoms with Crippen LogP contribution < -0.4 is 5.73 Å². The number of nitrogens with two attached hydrogens (primary N) is 1. The maximum atomic E-state index is 6.46. The third-order valence-corrected chi connectivity index (χ3v) is 5.14. The van der Waals surface area contributed by atoms with Gasteiger partial charge in [-0.3, -0.25) is 0 Å². The van der Waals surface area contributed by atoms with E-state index in [4.69, 9.17) is 10.5 Å². The van der Waals surface area contributed by atoms with Crippen molar-refractivity contribution in [3.05, 3.63) is 0 Å². The van der Waals surface area contributed by atoms with E-state index in [9.17, 15) is 0 Å². The SMILES string of the molecule is CC(C)N1CCC2(CC1)COC1(CC1)C2N. The Morgan fingerprint density at radius 1 is 1.19 bits per heavy atom. The van der Waals surface area contributed by atoms with E-state index in [1.807, 2.05) is 0 Å². The van der Waals surface area contributed by atoms with Gasteiger partial charge in [0.15, 0.2) is 0 Å². The lowest BCUT2D eigenvalue weighted by Gasteiger charge is -2.42. The molecule has 1 atom stereocenters. The van der Waals surface area contributed by atoms with Gasteiger partial charge in [-0.25, -0.2) is 0 Å². The van der Waals surface area contributed by atoms with E-state index in [0.29, 0.717) is 17.5 Å². The summed E-state index contributed by atoms with van der Waals surface area (Å²) in [7, 11) is 0. The van der Waals surface area contributed by atoms with Crippen molar-refractivity contribution in [1.29, 1.82) is 0 Å². The fourth-order valence-corrected chi connectivity index (χ4v) is 3.54. The smallest absolute Gasteiger partial charge is 0.0841 e. The molecule has 16 heavy (non-hydrogen) atoms. The number of hydrogen-bond donors (Lipinski definition) is 1. The molecule has 0 amide bonds. The highest BCUT2D eigenvalue weighted by Gasteiger charge is 2.62. The Morgan fingerprint density at radius 2 is 1.81 bits per heavy atom. The summed E-state index contributed by atoms with van der Waals surface area (Å²) in [6.45, 7) is 7.88. The molecule has 1 saturated carbocycles. The van der Waals surface area contributed by atoms with Crippen molar-refractivity contribution in [3.63, 3.8) is 0 Å². The van der Waals surface area contributed by atoms with Crippen LogP contribution in [0.4, 0.5) is 0 Å². The van der Waals surface area contributed by atoms with Crippen LogP contribution in [0.15, 0.2) is 0 Å². The van der Waals surface area contributed by atoms with Crippen LogP contribution in [0, 0.1) is 5.41 Å².